The summed E-state index contributed by atoms with van der Waals surface area (Å²) < 4.78 is 26.9. The molecule has 1 saturated carbocycles. The standard InChI is InChI=1S/C14H16N4O3S/c1-9-2-5-11(17-14(19)10-3-4-10)6-13(9)18-22(20,21)12-7-15-16-8-12/h2,5-8,10,18H,3-4H2,1H3,(H,15,16)(H,17,19). The number of sulfonamides is 1. The van der Waals surface area contributed by atoms with Gasteiger partial charge in [-0.2, -0.15) is 5.10 Å². The molecule has 3 N–H and O–H groups in total. The van der Waals surface area contributed by atoms with E-state index in [2.05, 4.69) is 20.2 Å². The molecule has 0 bridgehead atoms. The summed E-state index contributed by atoms with van der Waals surface area (Å²) in [6.07, 6.45) is 4.36. The zero-order valence-corrected chi connectivity index (χ0v) is 12.8. The van der Waals surface area contributed by atoms with Gasteiger partial charge >= 0.3 is 0 Å². The third kappa shape index (κ3) is 3.11. The summed E-state index contributed by atoms with van der Waals surface area (Å²) in [6, 6.07) is 5.13. The van der Waals surface area contributed by atoms with Gasteiger partial charge in [-0.15, -0.1) is 0 Å². The van der Waals surface area contributed by atoms with Gasteiger partial charge in [-0.1, -0.05) is 6.07 Å². The average Bonchev–Trinajstić information content (AvgIpc) is 3.16. The summed E-state index contributed by atoms with van der Waals surface area (Å²) in [5, 5.41) is 8.90. The van der Waals surface area contributed by atoms with Gasteiger partial charge in [0.25, 0.3) is 10.0 Å². The fourth-order valence-electron chi connectivity index (χ4n) is 1.99. The number of carbonyl (C=O) groups is 1. The van der Waals surface area contributed by atoms with Crippen molar-refractivity contribution in [1.29, 1.82) is 0 Å². The van der Waals surface area contributed by atoms with Crippen molar-refractivity contribution in [2.45, 2.75) is 24.7 Å². The van der Waals surface area contributed by atoms with Crippen molar-refractivity contribution < 1.29 is 13.2 Å². The monoisotopic (exact) mass is 320 g/mol. The number of nitrogens with one attached hydrogen (secondary N) is 3. The molecular formula is C14H16N4O3S. The van der Waals surface area contributed by atoms with E-state index in [0.29, 0.717) is 11.4 Å². The van der Waals surface area contributed by atoms with Crippen LogP contribution < -0.4 is 10.0 Å². The molecular weight excluding hydrogens is 304 g/mol. The Morgan fingerprint density at radius 2 is 2.14 bits per heavy atom. The van der Waals surface area contributed by atoms with Crippen molar-refractivity contribution in [2.24, 2.45) is 5.92 Å². The molecule has 2 aromatic rings. The summed E-state index contributed by atoms with van der Waals surface area (Å²) in [5.41, 5.74) is 1.76. The van der Waals surface area contributed by atoms with E-state index in [-0.39, 0.29) is 16.7 Å². The van der Waals surface area contributed by atoms with Gasteiger partial charge in [0, 0.05) is 17.8 Å². The molecule has 8 heteroatoms. The number of nitrogens with zero attached hydrogens (tertiary/aromatic N) is 1. The minimum atomic E-state index is -3.70. The molecule has 1 aliphatic rings. The Hall–Kier alpha value is -2.35. The lowest BCUT2D eigenvalue weighted by molar-refractivity contribution is -0.117. The Morgan fingerprint density at radius 3 is 2.77 bits per heavy atom. The average molecular weight is 320 g/mol. The maximum absolute atomic E-state index is 12.2. The Kier molecular flexibility index (Phi) is 3.61. The first-order chi connectivity index (χ1) is 10.5. The Bertz CT molecular complexity index is 796. The molecule has 1 heterocycles. The van der Waals surface area contributed by atoms with Gasteiger partial charge in [0.15, 0.2) is 0 Å². The van der Waals surface area contributed by atoms with E-state index in [9.17, 15) is 13.2 Å². The second-order valence-electron chi connectivity index (χ2n) is 5.33. The molecule has 0 spiro atoms. The second-order valence-corrected chi connectivity index (χ2v) is 7.02. The van der Waals surface area contributed by atoms with Crippen molar-refractivity contribution in [3.63, 3.8) is 0 Å². The van der Waals surface area contributed by atoms with Crippen LogP contribution in [0.2, 0.25) is 0 Å². The van der Waals surface area contributed by atoms with Crippen LogP contribution in [0.5, 0.6) is 0 Å². The number of aromatic amines is 1. The van der Waals surface area contributed by atoms with Gasteiger partial charge in [0.1, 0.15) is 4.90 Å². The highest BCUT2D eigenvalue weighted by Gasteiger charge is 2.29. The summed E-state index contributed by atoms with van der Waals surface area (Å²) in [4.78, 5) is 11.8. The first kappa shape index (κ1) is 14.6. The smallest absolute Gasteiger partial charge is 0.265 e. The van der Waals surface area contributed by atoms with Crippen LogP contribution in [0.3, 0.4) is 0 Å². The zero-order valence-electron chi connectivity index (χ0n) is 12.0. The molecule has 1 aromatic carbocycles. The Morgan fingerprint density at radius 1 is 1.36 bits per heavy atom. The van der Waals surface area contributed by atoms with E-state index in [4.69, 9.17) is 0 Å². The van der Waals surface area contributed by atoms with Gasteiger partial charge < -0.3 is 5.32 Å². The largest absolute Gasteiger partial charge is 0.326 e. The van der Waals surface area contributed by atoms with Crippen molar-refractivity contribution in [3.8, 4) is 0 Å². The van der Waals surface area contributed by atoms with Crippen LogP contribution in [0.15, 0.2) is 35.5 Å². The third-order valence-electron chi connectivity index (χ3n) is 3.48. The van der Waals surface area contributed by atoms with Crippen LogP contribution >= 0.6 is 0 Å². The van der Waals surface area contributed by atoms with Gasteiger partial charge in [-0.3, -0.25) is 14.6 Å². The molecule has 116 valence electrons. The van der Waals surface area contributed by atoms with E-state index in [1.54, 1.807) is 25.1 Å². The Balaban J connectivity index is 1.82. The fraction of sp³-hybridized carbons (Fsp3) is 0.286. The van der Waals surface area contributed by atoms with E-state index in [1.807, 2.05) is 0 Å². The summed E-state index contributed by atoms with van der Waals surface area (Å²) in [5.74, 6) is 0.0693. The van der Waals surface area contributed by atoms with Crippen LogP contribution in [-0.4, -0.2) is 24.5 Å². The molecule has 7 nitrogen and oxygen atoms in total. The summed E-state index contributed by atoms with van der Waals surface area (Å²) in [6.45, 7) is 1.79. The third-order valence-corrected chi connectivity index (χ3v) is 4.81. The number of benzene rings is 1. The first-order valence-corrected chi connectivity index (χ1v) is 8.37. The Labute approximate surface area is 128 Å². The van der Waals surface area contributed by atoms with Gasteiger partial charge in [0.2, 0.25) is 5.91 Å². The van der Waals surface area contributed by atoms with Crippen LogP contribution in [0.4, 0.5) is 11.4 Å². The normalized spacial score (nSPS) is 14.6. The molecule has 0 radical (unpaired) electrons. The van der Waals surface area contributed by atoms with Gasteiger partial charge in [-0.05, 0) is 37.5 Å². The molecule has 1 aromatic heterocycles. The molecule has 0 atom stereocenters. The lowest BCUT2D eigenvalue weighted by Crippen LogP contribution is -2.15. The maximum Gasteiger partial charge on any atom is 0.265 e. The molecule has 3 rings (SSSR count). The van der Waals surface area contributed by atoms with E-state index >= 15 is 0 Å². The number of anilines is 2. The highest BCUT2D eigenvalue weighted by Crippen LogP contribution is 2.31. The fourth-order valence-corrected chi connectivity index (χ4v) is 3.02. The number of aryl methyl sites for hydroxylation is 1. The molecule has 1 amide bonds. The molecule has 1 aliphatic carbocycles. The summed E-state index contributed by atoms with van der Waals surface area (Å²) in [7, 11) is -3.70. The van der Waals surface area contributed by atoms with Crippen LogP contribution in [0, 0.1) is 12.8 Å². The van der Waals surface area contributed by atoms with Crippen molar-refractivity contribution in [3.05, 3.63) is 36.2 Å². The lowest BCUT2D eigenvalue weighted by atomic mass is 10.2. The minimum Gasteiger partial charge on any atom is -0.326 e. The molecule has 0 aliphatic heterocycles. The van der Waals surface area contributed by atoms with Crippen molar-refractivity contribution >= 4 is 27.3 Å². The predicted molar refractivity (Wildman–Crippen MR) is 81.9 cm³/mol. The zero-order chi connectivity index (χ0) is 15.7. The van der Waals surface area contributed by atoms with Crippen molar-refractivity contribution in [1.82, 2.24) is 10.2 Å². The van der Waals surface area contributed by atoms with Crippen LogP contribution in [-0.2, 0) is 14.8 Å². The lowest BCUT2D eigenvalue weighted by Gasteiger charge is -2.12. The number of H-pyrrole nitrogens is 1. The predicted octanol–water partition coefficient (Wildman–Crippen LogP) is 1.87. The number of hydrogen-bond donors (Lipinski definition) is 3. The van der Waals surface area contributed by atoms with Gasteiger partial charge in [-0.25, -0.2) is 8.42 Å². The topological polar surface area (TPSA) is 104 Å². The van der Waals surface area contributed by atoms with E-state index in [1.165, 1.54) is 12.4 Å². The van der Waals surface area contributed by atoms with Gasteiger partial charge in [0.05, 0.1) is 11.9 Å². The highest BCUT2D eigenvalue weighted by atomic mass is 32.2. The van der Waals surface area contributed by atoms with E-state index in [0.717, 1.165) is 18.4 Å². The van der Waals surface area contributed by atoms with Crippen LogP contribution in [0.1, 0.15) is 18.4 Å². The minimum absolute atomic E-state index is 0.0208. The number of carbonyl (C=O) groups excluding carboxylic acids is 1. The molecule has 1 fully saturated rings. The number of amides is 1. The number of aromatic nitrogens is 2. The maximum atomic E-state index is 12.2. The quantitative estimate of drug-likeness (QED) is 0.782. The summed E-state index contributed by atoms with van der Waals surface area (Å²) >= 11 is 0. The SMILES string of the molecule is Cc1ccc(NC(=O)C2CC2)cc1NS(=O)(=O)c1cn[nH]c1. The highest BCUT2D eigenvalue weighted by molar-refractivity contribution is 7.92. The van der Waals surface area contributed by atoms with Crippen LogP contribution in [0.25, 0.3) is 0 Å². The molecule has 0 saturated heterocycles. The molecule has 0 unspecified atom stereocenters. The number of hydrogen-bond acceptors (Lipinski definition) is 4. The van der Waals surface area contributed by atoms with E-state index < -0.39 is 10.0 Å². The molecule has 22 heavy (non-hydrogen) atoms. The second kappa shape index (κ2) is 5.45. The number of rotatable bonds is 5. The first-order valence-electron chi connectivity index (χ1n) is 6.89. The van der Waals surface area contributed by atoms with Crippen molar-refractivity contribution in [2.75, 3.05) is 10.0 Å².